The summed E-state index contributed by atoms with van der Waals surface area (Å²) in [5, 5.41) is 13.0. The highest BCUT2D eigenvalue weighted by molar-refractivity contribution is 6.33. The Labute approximate surface area is 173 Å². The third-order valence-corrected chi connectivity index (χ3v) is 5.08. The molecule has 30 heavy (non-hydrogen) atoms. The van der Waals surface area contributed by atoms with E-state index in [4.69, 9.17) is 11.6 Å². The number of rotatable bonds is 4. The Morgan fingerprint density at radius 2 is 1.93 bits per heavy atom. The van der Waals surface area contributed by atoms with E-state index in [1.54, 1.807) is 6.07 Å². The zero-order chi connectivity index (χ0) is 21.6. The summed E-state index contributed by atoms with van der Waals surface area (Å²) in [6, 6.07) is 7.61. The minimum Gasteiger partial charge on any atom is -0.477 e. The van der Waals surface area contributed by atoms with Gasteiger partial charge in [0.05, 0.1) is 13.0 Å². The molecule has 1 aliphatic rings. The van der Waals surface area contributed by atoms with E-state index in [-0.39, 0.29) is 28.9 Å². The number of carbonyl (C=O) groups is 3. The molecule has 0 atom stereocenters. The number of carbonyl (C=O) groups excluding carboxylic acids is 2. The maximum atomic E-state index is 14.3. The molecule has 1 aliphatic heterocycles. The van der Waals surface area contributed by atoms with Gasteiger partial charge in [-0.3, -0.25) is 9.59 Å². The summed E-state index contributed by atoms with van der Waals surface area (Å²) in [5.74, 6) is -3.99. The van der Waals surface area contributed by atoms with Crippen molar-refractivity contribution in [2.24, 2.45) is 0 Å². The van der Waals surface area contributed by atoms with Crippen molar-refractivity contribution in [3.63, 3.8) is 0 Å². The molecule has 4 rings (SSSR count). The molecule has 1 aromatic heterocycles. The standard InChI is InChI=1S/C21H13ClF2N2O4/c22-11-2-4-16-13(5-11)19(14-8-25-18(28)7-17(14)27)20(21(29)30)26(16)9-10-1-3-12(23)6-15(10)24/h1-6,8H,7,9H2,(H,25,28)(H,29,30). The highest BCUT2D eigenvalue weighted by atomic mass is 35.5. The van der Waals surface area contributed by atoms with Gasteiger partial charge in [0, 0.05) is 44.9 Å². The average Bonchev–Trinajstić information content (AvgIpc) is 2.97. The van der Waals surface area contributed by atoms with E-state index < -0.39 is 35.7 Å². The SMILES string of the molecule is O=C1CC(=O)C(c2c(C(=O)O)n(Cc3ccc(F)cc3F)c3ccc(Cl)cc23)=CN1. The number of allylic oxidation sites excluding steroid dienone is 1. The van der Waals surface area contributed by atoms with Gasteiger partial charge in [-0.1, -0.05) is 17.7 Å². The van der Waals surface area contributed by atoms with Crippen LogP contribution in [0.5, 0.6) is 0 Å². The summed E-state index contributed by atoms with van der Waals surface area (Å²) in [6.07, 6.45) is 0.740. The predicted molar refractivity (Wildman–Crippen MR) is 105 cm³/mol. The quantitative estimate of drug-likeness (QED) is 0.617. The van der Waals surface area contributed by atoms with Crippen molar-refractivity contribution in [1.82, 2.24) is 9.88 Å². The van der Waals surface area contributed by atoms with Gasteiger partial charge in [-0.2, -0.15) is 0 Å². The van der Waals surface area contributed by atoms with Crippen LogP contribution in [0.3, 0.4) is 0 Å². The van der Waals surface area contributed by atoms with Crippen LogP contribution in [0, 0.1) is 11.6 Å². The van der Waals surface area contributed by atoms with Gasteiger partial charge in [0.15, 0.2) is 5.78 Å². The normalized spacial score (nSPS) is 14.0. The fourth-order valence-electron chi connectivity index (χ4n) is 3.54. The van der Waals surface area contributed by atoms with Crippen LogP contribution in [0.15, 0.2) is 42.6 Å². The molecule has 1 amide bonds. The second-order valence-corrected chi connectivity index (χ2v) is 7.17. The Kier molecular flexibility index (Phi) is 4.87. The summed E-state index contributed by atoms with van der Waals surface area (Å²) in [7, 11) is 0. The van der Waals surface area contributed by atoms with Gasteiger partial charge in [0.1, 0.15) is 17.3 Å². The van der Waals surface area contributed by atoms with Gasteiger partial charge in [0.2, 0.25) is 5.91 Å². The van der Waals surface area contributed by atoms with E-state index in [1.807, 2.05) is 0 Å². The first-order chi connectivity index (χ1) is 14.3. The number of hydrogen-bond acceptors (Lipinski definition) is 3. The summed E-state index contributed by atoms with van der Waals surface area (Å²) in [6.45, 7) is -0.223. The van der Waals surface area contributed by atoms with Crippen LogP contribution in [0.1, 0.15) is 28.0 Å². The van der Waals surface area contributed by atoms with Gasteiger partial charge in [-0.15, -0.1) is 0 Å². The Bertz CT molecular complexity index is 1280. The van der Waals surface area contributed by atoms with Crippen molar-refractivity contribution in [2.45, 2.75) is 13.0 Å². The van der Waals surface area contributed by atoms with Gasteiger partial charge >= 0.3 is 5.97 Å². The number of fused-ring (bicyclic) bond motifs is 1. The summed E-state index contributed by atoms with van der Waals surface area (Å²) < 4.78 is 28.9. The molecule has 0 radical (unpaired) electrons. The van der Waals surface area contributed by atoms with Crippen LogP contribution in [-0.4, -0.2) is 27.3 Å². The first-order valence-corrected chi connectivity index (χ1v) is 9.16. The number of nitrogens with zero attached hydrogens (tertiary/aromatic N) is 1. The number of hydrogen-bond donors (Lipinski definition) is 2. The largest absolute Gasteiger partial charge is 0.477 e. The number of amides is 1. The third-order valence-electron chi connectivity index (χ3n) is 4.84. The lowest BCUT2D eigenvalue weighted by molar-refractivity contribution is -0.125. The fraction of sp³-hybridized carbons (Fsp3) is 0.0952. The topological polar surface area (TPSA) is 88.4 Å². The van der Waals surface area contributed by atoms with Crippen molar-refractivity contribution < 1.29 is 28.3 Å². The molecule has 0 saturated heterocycles. The van der Waals surface area contributed by atoms with Crippen molar-refractivity contribution in [2.75, 3.05) is 0 Å². The maximum Gasteiger partial charge on any atom is 0.353 e. The lowest BCUT2D eigenvalue weighted by Crippen LogP contribution is -2.28. The van der Waals surface area contributed by atoms with Gasteiger partial charge < -0.3 is 15.0 Å². The van der Waals surface area contributed by atoms with Crippen molar-refractivity contribution in [3.8, 4) is 0 Å². The number of nitrogens with one attached hydrogen (secondary N) is 1. The van der Waals surface area contributed by atoms with Gasteiger partial charge in [-0.25, -0.2) is 13.6 Å². The summed E-state index contributed by atoms with van der Waals surface area (Å²) in [4.78, 5) is 36.2. The number of ketones is 1. The zero-order valence-corrected chi connectivity index (χ0v) is 16.0. The number of benzene rings is 2. The summed E-state index contributed by atoms with van der Waals surface area (Å²) in [5.41, 5.74) is 0.271. The lowest BCUT2D eigenvalue weighted by Gasteiger charge is -2.14. The van der Waals surface area contributed by atoms with E-state index >= 15 is 0 Å². The monoisotopic (exact) mass is 430 g/mol. The molecule has 3 aromatic rings. The van der Waals surface area contributed by atoms with Crippen LogP contribution in [0.4, 0.5) is 8.78 Å². The minimum absolute atomic E-state index is 0.0117. The third kappa shape index (κ3) is 3.35. The molecule has 9 heteroatoms. The van der Waals surface area contributed by atoms with E-state index in [1.165, 1.54) is 29.0 Å². The van der Waals surface area contributed by atoms with Crippen LogP contribution < -0.4 is 5.32 Å². The number of Topliss-reactive ketones (excluding diaryl/α,β-unsaturated/α-hetero) is 1. The lowest BCUT2D eigenvalue weighted by atomic mass is 9.95. The van der Waals surface area contributed by atoms with E-state index in [9.17, 15) is 28.3 Å². The number of aromatic nitrogens is 1. The van der Waals surface area contributed by atoms with Crippen LogP contribution in [0.25, 0.3) is 16.5 Å². The van der Waals surface area contributed by atoms with Crippen molar-refractivity contribution >= 4 is 45.7 Å². The zero-order valence-electron chi connectivity index (χ0n) is 15.2. The van der Waals surface area contributed by atoms with Gasteiger partial charge in [-0.05, 0) is 24.3 Å². The Morgan fingerprint density at radius 1 is 1.17 bits per heavy atom. The molecule has 152 valence electrons. The first-order valence-electron chi connectivity index (χ1n) is 8.78. The number of carboxylic acids is 1. The molecular formula is C21H13ClF2N2O4. The Hall–Kier alpha value is -3.52. The molecule has 2 aromatic carbocycles. The molecule has 0 spiro atoms. The second-order valence-electron chi connectivity index (χ2n) is 6.74. The molecule has 0 fully saturated rings. The molecular weight excluding hydrogens is 418 g/mol. The summed E-state index contributed by atoms with van der Waals surface area (Å²) >= 11 is 6.10. The highest BCUT2D eigenvalue weighted by Gasteiger charge is 2.30. The molecule has 0 unspecified atom stereocenters. The fourth-order valence-corrected chi connectivity index (χ4v) is 3.72. The van der Waals surface area contributed by atoms with Crippen molar-refractivity contribution in [1.29, 1.82) is 0 Å². The molecule has 0 bridgehead atoms. The van der Waals surface area contributed by atoms with E-state index in [2.05, 4.69) is 5.32 Å². The van der Waals surface area contributed by atoms with Crippen molar-refractivity contribution in [3.05, 3.63) is 76.1 Å². The van der Waals surface area contributed by atoms with Crippen LogP contribution in [-0.2, 0) is 16.1 Å². The Morgan fingerprint density at radius 3 is 2.60 bits per heavy atom. The van der Waals surface area contributed by atoms with Crippen LogP contribution in [0.2, 0.25) is 5.02 Å². The smallest absolute Gasteiger partial charge is 0.353 e. The molecule has 2 N–H and O–H groups in total. The Balaban J connectivity index is 2.01. The van der Waals surface area contributed by atoms with E-state index in [0.717, 1.165) is 6.07 Å². The average molecular weight is 431 g/mol. The predicted octanol–water partition coefficient (Wildman–Crippen LogP) is 3.75. The molecule has 6 nitrogen and oxygen atoms in total. The molecule has 0 aliphatic carbocycles. The van der Waals surface area contributed by atoms with E-state index in [0.29, 0.717) is 22.0 Å². The molecule has 0 saturated carbocycles. The minimum atomic E-state index is -1.36. The first kappa shape index (κ1) is 19.8. The number of carboxylic acid groups (broad SMARTS) is 1. The molecule has 2 heterocycles. The van der Waals surface area contributed by atoms with Crippen LogP contribution >= 0.6 is 11.6 Å². The highest BCUT2D eigenvalue weighted by Crippen LogP contribution is 2.36. The maximum absolute atomic E-state index is 14.3. The van der Waals surface area contributed by atoms with Gasteiger partial charge in [0.25, 0.3) is 0 Å². The second kappa shape index (κ2) is 7.38. The number of halogens is 3. The number of aromatic carboxylic acids is 1.